The lowest BCUT2D eigenvalue weighted by Gasteiger charge is -2.12. The minimum absolute atomic E-state index is 0.144. The van der Waals surface area contributed by atoms with Crippen LogP contribution >= 0.6 is 11.6 Å². The highest BCUT2D eigenvalue weighted by Gasteiger charge is 2.07. The van der Waals surface area contributed by atoms with Crippen molar-refractivity contribution in [2.45, 2.75) is 13.8 Å². The van der Waals surface area contributed by atoms with Gasteiger partial charge in [-0.1, -0.05) is 23.7 Å². The van der Waals surface area contributed by atoms with Crippen LogP contribution < -0.4 is 15.4 Å². The van der Waals surface area contributed by atoms with Crippen LogP contribution in [0.25, 0.3) is 0 Å². The van der Waals surface area contributed by atoms with Crippen LogP contribution in [0.15, 0.2) is 36.4 Å². The fourth-order valence-corrected chi connectivity index (χ4v) is 2.19. The Morgan fingerprint density at radius 3 is 2.64 bits per heavy atom. The summed E-state index contributed by atoms with van der Waals surface area (Å²) in [5.41, 5.74) is 3.54. The summed E-state index contributed by atoms with van der Waals surface area (Å²) in [6, 6.07) is 11.2. The van der Waals surface area contributed by atoms with E-state index in [-0.39, 0.29) is 12.5 Å². The molecule has 2 aromatic carbocycles. The summed E-state index contributed by atoms with van der Waals surface area (Å²) in [5, 5.41) is 6.52. The maximum Gasteiger partial charge on any atom is 0.243 e. The van der Waals surface area contributed by atoms with Crippen LogP contribution in [0.4, 0.5) is 11.4 Å². The van der Waals surface area contributed by atoms with Gasteiger partial charge in [0.1, 0.15) is 5.75 Å². The molecule has 0 aliphatic carbocycles. The number of methoxy groups -OCH3 is 1. The summed E-state index contributed by atoms with van der Waals surface area (Å²) in [7, 11) is 1.60. The summed E-state index contributed by atoms with van der Waals surface area (Å²) in [4.78, 5) is 12.0. The molecule has 5 heteroatoms. The van der Waals surface area contributed by atoms with Crippen LogP contribution in [0.2, 0.25) is 5.02 Å². The molecule has 0 spiro atoms. The highest BCUT2D eigenvalue weighted by Crippen LogP contribution is 2.25. The van der Waals surface area contributed by atoms with Crippen LogP contribution in [0.5, 0.6) is 5.75 Å². The van der Waals surface area contributed by atoms with Crippen LogP contribution in [0.1, 0.15) is 11.1 Å². The second kappa shape index (κ2) is 7.18. The van der Waals surface area contributed by atoms with E-state index in [1.165, 1.54) is 0 Å². The van der Waals surface area contributed by atoms with Crippen molar-refractivity contribution in [3.05, 3.63) is 52.5 Å². The number of benzene rings is 2. The van der Waals surface area contributed by atoms with Gasteiger partial charge < -0.3 is 15.4 Å². The molecule has 116 valence electrons. The number of nitrogens with one attached hydrogen (secondary N) is 2. The van der Waals surface area contributed by atoms with E-state index < -0.39 is 0 Å². The van der Waals surface area contributed by atoms with E-state index in [0.29, 0.717) is 16.5 Å². The SMILES string of the molecule is COc1ccc(C)cc1NCC(=O)Nc1ccc(C)c(Cl)c1. The van der Waals surface area contributed by atoms with E-state index in [1.807, 2.05) is 44.2 Å². The first-order chi connectivity index (χ1) is 10.5. The normalized spacial score (nSPS) is 10.2. The molecule has 0 aromatic heterocycles. The first-order valence-corrected chi connectivity index (χ1v) is 7.32. The van der Waals surface area contributed by atoms with Gasteiger partial charge in [-0.2, -0.15) is 0 Å². The van der Waals surface area contributed by atoms with Crippen molar-refractivity contribution < 1.29 is 9.53 Å². The second-order valence-electron chi connectivity index (χ2n) is 5.07. The molecular weight excluding hydrogens is 300 g/mol. The van der Waals surface area contributed by atoms with Crippen LogP contribution in [-0.2, 0) is 4.79 Å². The van der Waals surface area contributed by atoms with E-state index >= 15 is 0 Å². The lowest BCUT2D eigenvalue weighted by atomic mass is 10.2. The van der Waals surface area contributed by atoms with Gasteiger partial charge in [0.05, 0.1) is 19.3 Å². The summed E-state index contributed by atoms with van der Waals surface area (Å²) < 4.78 is 5.27. The Morgan fingerprint density at radius 2 is 1.95 bits per heavy atom. The maximum atomic E-state index is 12.0. The fourth-order valence-electron chi connectivity index (χ4n) is 2.01. The number of carbonyl (C=O) groups excluding carboxylic acids is 1. The highest BCUT2D eigenvalue weighted by molar-refractivity contribution is 6.31. The number of ether oxygens (including phenoxy) is 1. The Labute approximate surface area is 135 Å². The number of aryl methyl sites for hydroxylation is 2. The van der Waals surface area contributed by atoms with Gasteiger partial charge in [0.2, 0.25) is 5.91 Å². The van der Waals surface area contributed by atoms with Crippen molar-refractivity contribution in [1.29, 1.82) is 0 Å². The minimum atomic E-state index is -0.150. The quantitative estimate of drug-likeness (QED) is 0.875. The zero-order valence-corrected chi connectivity index (χ0v) is 13.6. The van der Waals surface area contributed by atoms with Gasteiger partial charge in [-0.15, -0.1) is 0 Å². The van der Waals surface area contributed by atoms with Gasteiger partial charge in [0.25, 0.3) is 0 Å². The Hall–Kier alpha value is -2.20. The molecular formula is C17H19ClN2O2. The number of amides is 1. The van der Waals surface area contributed by atoms with Gasteiger partial charge in [0.15, 0.2) is 0 Å². The Balaban J connectivity index is 1.98. The van der Waals surface area contributed by atoms with Gasteiger partial charge in [-0.05, 0) is 49.2 Å². The third kappa shape index (κ3) is 4.15. The first-order valence-electron chi connectivity index (χ1n) is 6.94. The molecule has 0 unspecified atom stereocenters. The summed E-state index contributed by atoms with van der Waals surface area (Å²) >= 11 is 6.04. The standard InChI is InChI=1S/C17H19ClN2O2/c1-11-4-7-16(22-3)15(8-11)19-10-17(21)20-13-6-5-12(2)14(18)9-13/h4-9,19H,10H2,1-3H3,(H,20,21). The van der Waals surface area contributed by atoms with Gasteiger partial charge in [-0.3, -0.25) is 4.79 Å². The Morgan fingerprint density at radius 1 is 1.18 bits per heavy atom. The molecule has 0 bridgehead atoms. The number of anilines is 2. The Bertz CT molecular complexity index is 686. The molecule has 0 atom stereocenters. The van der Waals surface area contributed by atoms with Gasteiger partial charge >= 0.3 is 0 Å². The summed E-state index contributed by atoms with van der Waals surface area (Å²) in [6.07, 6.45) is 0. The van der Waals surface area contributed by atoms with Gasteiger partial charge in [-0.25, -0.2) is 0 Å². The topological polar surface area (TPSA) is 50.4 Å². The molecule has 0 saturated heterocycles. The number of hydrogen-bond donors (Lipinski definition) is 2. The largest absolute Gasteiger partial charge is 0.495 e. The minimum Gasteiger partial charge on any atom is -0.495 e. The molecule has 0 radical (unpaired) electrons. The molecule has 1 amide bonds. The Kier molecular flexibility index (Phi) is 5.28. The molecule has 0 heterocycles. The molecule has 2 N–H and O–H groups in total. The first kappa shape index (κ1) is 16.2. The van der Waals surface area contributed by atoms with E-state index in [0.717, 1.165) is 16.8 Å². The predicted octanol–water partition coefficient (Wildman–Crippen LogP) is 4.02. The van der Waals surface area contributed by atoms with Crippen molar-refractivity contribution in [2.24, 2.45) is 0 Å². The zero-order chi connectivity index (χ0) is 16.1. The fraction of sp³-hybridized carbons (Fsp3) is 0.235. The van der Waals surface area contributed by atoms with Crippen LogP contribution in [-0.4, -0.2) is 19.6 Å². The molecule has 2 aromatic rings. The third-order valence-corrected chi connectivity index (χ3v) is 3.66. The van der Waals surface area contributed by atoms with E-state index in [1.54, 1.807) is 13.2 Å². The zero-order valence-electron chi connectivity index (χ0n) is 12.9. The van der Waals surface area contributed by atoms with E-state index in [4.69, 9.17) is 16.3 Å². The third-order valence-electron chi connectivity index (χ3n) is 3.25. The average Bonchev–Trinajstić information content (AvgIpc) is 2.49. The molecule has 0 fully saturated rings. The van der Waals surface area contributed by atoms with Crippen molar-refractivity contribution in [2.75, 3.05) is 24.3 Å². The van der Waals surface area contributed by atoms with E-state index in [2.05, 4.69) is 10.6 Å². The van der Waals surface area contributed by atoms with Crippen LogP contribution in [0, 0.1) is 13.8 Å². The van der Waals surface area contributed by atoms with Crippen molar-refractivity contribution in [3.63, 3.8) is 0 Å². The molecule has 2 rings (SSSR count). The van der Waals surface area contributed by atoms with Crippen molar-refractivity contribution in [1.82, 2.24) is 0 Å². The van der Waals surface area contributed by atoms with Crippen LogP contribution in [0.3, 0.4) is 0 Å². The maximum absolute atomic E-state index is 12.0. The molecule has 0 aliphatic rings. The molecule has 4 nitrogen and oxygen atoms in total. The number of carbonyl (C=O) groups is 1. The lowest BCUT2D eigenvalue weighted by Crippen LogP contribution is -2.22. The number of rotatable bonds is 5. The monoisotopic (exact) mass is 318 g/mol. The number of hydrogen-bond acceptors (Lipinski definition) is 3. The van der Waals surface area contributed by atoms with Gasteiger partial charge in [0, 0.05) is 10.7 Å². The summed E-state index contributed by atoms with van der Waals surface area (Å²) in [6.45, 7) is 4.05. The predicted molar refractivity (Wildman–Crippen MR) is 91.0 cm³/mol. The van der Waals surface area contributed by atoms with Crippen molar-refractivity contribution in [3.8, 4) is 5.75 Å². The molecule has 0 saturated carbocycles. The highest BCUT2D eigenvalue weighted by atomic mass is 35.5. The summed E-state index contributed by atoms with van der Waals surface area (Å²) in [5.74, 6) is 0.556. The second-order valence-corrected chi connectivity index (χ2v) is 5.48. The van der Waals surface area contributed by atoms with Crippen molar-refractivity contribution >= 4 is 28.9 Å². The molecule has 0 aliphatic heterocycles. The average molecular weight is 319 g/mol. The van der Waals surface area contributed by atoms with E-state index in [9.17, 15) is 4.79 Å². The lowest BCUT2D eigenvalue weighted by molar-refractivity contribution is -0.114. The smallest absolute Gasteiger partial charge is 0.243 e. The molecule has 22 heavy (non-hydrogen) atoms. The number of halogens is 1.